The van der Waals surface area contributed by atoms with Crippen LogP contribution in [0.2, 0.25) is 0 Å². The van der Waals surface area contributed by atoms with Gasteiger partial charge in [0, 0.05) is 0 Å². The SMILES string of the molecule is CCCCC(CC)CC(CC(CC)CCCC)(C(N)=O)c1ccccc1. The van der Waals surface area contributed by atoms with Gasteiger partial charge < -0.3 is 5.73 Å². The topological polar surface area (TPSA) is 43.1 Å². The molecule has 2 N–H and O–H groups in total. The van der Waals surface area contributed by atoms with Crippen molar-refractivity contribution in [2.75, 3.05) is 0 Å². The van der Waals surface area contributed by atoms with Crippen LogP contribution >= 0.6 is 0 Å². The zero-order valence-electron chi connectivity index (χ0n) is 17.6. The van der Waals surface area contributed by atoms with Crippen LogP contribution in [0, 0.1) is 11.8 Å². The molecule has 0 saturated carbocycles. The van der Waals surface area contributed by atoms with Gasteiger partial charge in [-0.3, -0.25) is 4.79 Å². The number of amides is 1. The lowest BCUT2D eigenvalue weighted by Gasteiger charge is -2.37. The number of rotatable bonds is 14. The molecule has 0 fully saturated rings. The maximum atomic E-state index is 12.9. The summed E-state index contributed by atoms with van der Waals surface area (Å²) in [5.41, 5.74) is 6.73. The largest absolute Gasteiger partial charge is 0.369 e. The van der Waals surface area contributed by atoms with Gasteiger partial charge in [0.2, 0.25) is 5.91 Å². The van der Waals surface area contributed by atoms with Crippen LogP contribution in [0.1, 0.15) is 97.5 Å². The van der Waals surface area contributed by atoms with Crippen molar-refractivity contribution in [3.05, 3.63) is 35.9 Å². The summed E-state index contributed by atoms with van der Waals surface area (Å²) in [6.07, 6.45) is 11.3. The molecule has 0 aromatic heterocycles. The number of carbonyl (C=O) groups excluding carboxylic acids is 1. The molecule has 0 bridgehead atoms. The van der Waals surface area contributed by atoms with Crippen molar-refractivity contribution in [3.8, 4) is 0 Å². The lowest BCUT2D eigenvalue weighted by Crippen LogP contribution is -2.44. The predicted octanol–water partition coefficient (Wildman–Crippen LogP) is 6.62. The van der Waals surface area contributed by atoms with Gasteiger partial charge >= 0.3 is 0 Å². The van der Waals surface area contributed by atoms with Crippen LogP contribution in [0.3, 0.4) is 0 Å². The Bertz CT molecular complexity index is 478. The Morgan fingerprint density at radius 3 is 1.69 bits per heavy atom. The van der Waals surface area contributed by atoms with E-state index in [-0.39, 0.29) is 5.91 Å². The molecule has 1 rings (SSSR count). The normalized spacial score (nSPS) is 16.0. The Morgan fingerprint density at radius 1 is 0.885 bits per heavy atom. The van der Waals surface area contributed by atoms with E-state index in [2.05, 4.69) is 39.8 Å². The Hall–Kier alpha value is -1.31. The van der Waals surface area contributed by atoms with E-state index in [0.717, 1.165) is 31.2 Å². The third kappa shape index (κ3) is 6.45. The lowest BCUT2D eigenvalue weighted by atomic mass is 9.66. The smallest absolute Gasteiger partial charge is 0.228 e. The summed E-state index contributed by atoms with van der Waals surface area (Å²) in [6, 6.07) is 10.4. The summed E-state index contributed by atoms with van der Waals surface area (Å²) >= 11 is 0. The van der Waals surface area contributed by atoms with Crippen molar-refractivity contribution in [2.45, 2.75) is 97.3 Å². The van der Waals surface area contributed by atoms with Gasteiger partial charge in [0.05, 0.1) is 5.41 Å². The molecule has 148 valence electrons. The highest BCUT2D eigenvalue weighted by molar-refractivity contribution is 5.86. The fourth-order valence-corrected chi connectivity index (χ4v) is 4.29. The van der Waals surface area contributed by atoms with Crippen LogP contribution in [-0.4, -0.2) is 5.91 Å². The van der Waals surface area contributed by atoms with Gasteiger partial charge in [-0.05, 0) is 30.2 Å². The zero-order chi connectivity index (χ0) is 19.4. The minimum absolute atomic E-state index is 0.131. The Kier molecular flexibility index (Phi) is 10.6. The van der Waals surface area contributed by atoms with E-state index in [4.69, 9.17) is 5.73 Å². The van der Waals surface area contributed by atoms with Crippen molar-refractivity contribution >= 4 is 5.91 Å². The lowest BCUT2D eigenvalue weighted by molar-refractivity contribution is -0.125. The summed E-state index contributed by atoms with van der Waals surface area (Å²) in [5, 5.41) is 0. The number of carbonyl (C=O) groups is 1. The molecule has 2 heteroatoms. The van der Waals surface area contributed by atoms with Gasteiger partial charge in [0.1, 0.15) is 0 Å². The molecule has 0 saturated heterocycles. The molecule has 2 atom stereocenters. The molecular formula is C24H41NO. The number of hydrogen-bond acceptors (Lipinski definition) is 1. The molecule has 0 aliphatic heterocycles. The minimum Gasteiger partial charge on any atom is -0.369 e. The molecule has 1 aromatic rings. The summed E-state index contributed by atoms with van der Waals surface area (Å²) in [4.78, 5) is 12.9. The average Bonchev–Trinajstić information content (AvgIpc) is 2.67. The second-order valence-electron chi connectivity index (χ2n) is 8.05. The summed E-state index contributed by atoms with van der Waals surface area (Å²) in [7, 11) is 0. The number of hydrogen-bond donors (Lipinski definition) is 1. The Morgan fingerprint density at radius 2 is 1.35 bits per heavy atom. The standard InChI is InChI=1S/C24H41NO/c1-5-9-14-20(7-3)18-24(23(25)26,22-16-12-11-13-17-22)19-21(8-4)15-10-6-2/h11-13,16-17,20-21H,5-10,14-15,18-19H2,1-4H3,(H2,25,26). The van der Waals surface area contributed by atoms with Gasteiger partial charge in [-0.15, -0.1) is 0 Å². The van der Waals surface area contributed by atoms with Crippen molar-refractivity contribution in [1.29, 1.82) is 0 Å². The van der Waals surface area contributed by atoms with Gasteiger partial charge in [0.15, 0.2) is 0 Å². The van der Waals surface area contributed by atoms with E-state index in [1.54, 1.807) is 0 Å². The first kappa shape index (κ1) is 22.7. The monoisotopic (exact) mass is 359 g/mol. The van der Waals surface area contributed by atoms with Crippen LogP contribution in [0.5, 0.6) is 0 Å². The molecule has 0 radical (unpaired) electrons. The van der Waals surface area contributed by atoms with Crippen molar-refractivity contribution in [1.82, 2.24) is 0 Å². The number of primary amides is 1. The van der Waals surface area contributed by atoms with E-state index >= 15 is 0 Å². The molecule has 2 nitrogen and oxygen atoms in total. The number of unbranched alkanes of at least 4 members (excludes halogenated alkanes) is 2. The predicted molar refractivity (Wildman–Crippen MR) is 113 cm³/mol. The quantitative estimate of drug-likeness (QED) is 0.398. The van der Waals surface area contributed by atoms with Gasteiger partial charge in [-0.2, -0.15) is 0 Å². The maximum absolute atomic E-state index is 12.9. The molecule has 1 amide bonds. The fraction of sp³-hybridized carbons (Fsp3) is 0.708. The highest BCUT2D eigenvalue weighted by atomic mass is 16.1. The van der Waals surface area contributed by atoms with E-state index in [9.17, 15) is 4.79 Å². The number of nitrogens with two attached hydrogens (primary N) is 1. The first-order valence-corrected chi connectivity index (χ1v) is 10.9. The summed E-state index contributed by atoms with van der Waals surface area (Å²) in [6.45, 7) is 8.99. The molecular weight excluding hydrogens is 318 g/mol. The first-order chi connectivity index (χ1) is 12.5. The van der Waals surface area contributed by atoms with Crippen LogP contribution in [0.25, 0.3) is 0 Å². The van der Waals surface area contributed by atoms with E-state index in [1.165, 1.54) is 38.5 Å². The second-order valence-corrected chi connectivity index (χ2v) is 8.05. The van der Waals surface area contributed by atoms with Crippen LogP contribution in [0.4, 0.5) is 0 Å². The van der Waals surface area contributed by atoms with Crippen molar-refractivity contribution in [2.24, 2.45) is 17.6 Å². The minimum atomic E-state index is -0.524. The number of benzene rings is 1. The van der Waals surface area contributed by atoms with Crippen LogP contribution < -0.4 is 5.73 Å². The van der Waals surface area contributed by atoms with Gasteiger partial charge in [-0.1, -0.05) is 109 Å². The Balaban J connectivity index is 3.21. The molecule has 0 aliphatic carbocycles. The molecule has 26 heavy (non-hydrogen) atoms. The highest BCUT2D eigenvalue weighted by Crippen LogP contribution is 2.41. The van der Waals surface area contributed by atoms with E-state index in [1.807, 2.05) is 18.2 Å². The third-order valence-corrected chi connectivity index (χ3v) is 6.16. The second kappa shape index (κ2) is 12.1. The molecule has 0 spiro atoms. The maximum Gasteiger partial charge on any atom is 0.228 e. The first-order valence-electron chi connectivity index (χ1n) is 10.9. The zero-order valence-corrected chi connectivity index (χ0v) is 17.6. The molecule has 2 unspecified atom stereocenters. The Labute approximate surface area is 162 Å². The van der Waals surface area contributed by atoms with Crippen LogP contribution in [0.15, 0.2) is 30.3 Å². The third-order valence-electron chi connectivity index (χ3n) is 6.16. The van der Waals surface area contributed by atoms with Crippen molar-refractivity contribution < 1.29 is 4.79 Å². The summed E-state index contributed by atoms with van der Waals surface area (Å²) < 4.78 is 0. The molecule has 0 aliphatic rings. The average molecular weight is 360 g/mol. The van der Waals surface area contributed by atoms with Crippen molar-refractivity contribution in [3.63, 3.8) is 0 Å². The van der Waals surface area contributed by atoms with Gasteiger partial charge in [-0.25, -0.2) is 0 Å². The molecule has 1 aromatic carbocycles. The summed E-state index contributed by atoms with van der Waals surface area (Å²) in [5.74, 6) is 0.992. The fourth-order valence-electron chi connectivity index (χ4n) is 4.29. The van der Waals surface area contributed by atoms with Crippen LogP contribution in [-0.2, 0) is 10.2 Å². The van der Waals surface area contributed by atoms with Gasteiger partial charge in [0.25, 0.3) is 0 Å². The van der Waals surface area contributed by atoms with E-state index < -0.39 is 5.41 Å². The van der Waals surface area contributed by atoms with E-state index in [0.29, 0.717) is 11.8 Å². The highest BCUT2D eigenvalue weighted by Gasteiger charge is 2.41. The molecule has 0 heterocycles.